The number of nitro groups is 1. The number of nitrogens with one attached hydrogen (secondary N) is 1. The molecule has 1 aromatic heterocycles. The van der Waals surface area contributed by atoms with Crippen LogP contribution in [0.2, 0.25) is 0 Å². The number of nitrogens with zero attached hydrogens (tertiary/aromatic N) is 3. The monoisotopic (exact) mass is 266 g/mol. The molecule has 1 aromatic carbocycles. The lowest BCUT2D eigenvalue weighted by molar-refractivity contribution is -0.383. The van der Waals surface area contributed by atoms with Crippen molar-refractivity contribution < 1.29 is 13.7 Å². The van der Waals surface area contributed by atoms with E-state index in [0.29, 0.717) is 0 Å². The van der Waals surface area contributed by atoms with Crippen molar-refractivity contribution in [2.45, 2.75) is 0 Å². The fourth-order valence-electron chi connectivity index (χ4n) is 1.64. The number of hydrogen-bond acceptors (Lipinski definition) is 5. The molecule has 0 aliphatic heterocycles. The van der Waals surface area contributed by atoms with E-state index in [2.05, 4.69) is 15.3 Å². The highest BCUT2D eigenvalue weighted by molar-refractivity contribution is 5.77. The maximum atomic E-state index is 13.7. The quantitative estimate of drug-likeness (QED) is 0.681. The lowest BCUT2D eigenvalue weighted by Gasteiger charge is -2.07. The first-order valence-corrected chi connectivity index (χ1v) is 5.17. The van der Waals surface area contributed by atoms with Gasteiger partial charge in [-0.3, -0.25) is 10.1 Å². The van der Waals surface area contributed by atoms with Gasteiger partial charge >= 0.3 is 5.69 Å². The highest BCUT2D eigenvalue weighted by atomic mass is 19.1. The van der Waals surface area contributed by atoms with Crippen molar-refractivity contribution in [3.63, 3.8) is 0 Å². The molecule has 0 aliphatic carbocycles. The van der Waals surface area contributed by atoms with E-state index in [-0.39, 0.29) is 5.82 Å². The highest BCUT2D eigenvalue weighted by Gasteiger charge is 2.27. The zero-order valence-electron chi connectivity index (χ0n) is 9.72. The van der Waals surface area contributed by atoms with Crippen molar-refractivity contribution >= 4 is 11.5 Å². The zero-order valence-corrected chi connectivity index (χ0v) is 9.72. The van der Waals surface area contributed by atoms with Gasteiger partial charge in [-0.05, 0) is 12.1 Å². The Kier molecular flexibility index (Phi) is 3.32. The molecule has 19 heavy (non-hydrogen) atoms. The molecule has 0 unspecified atom stereocenters. The van der Waals surface area contributed by atoms with Crippen molar-refractivity contribution in [2.75, 3.05) is 12.4 Å². The van der Waals surface area contributed by atoms with Gasteiger partial charge in [0.1, 0.15) is 18.0 Å². The fraction of sp³-hybridized carbons (Fsp3) is 0.0909. The molecule has 0 amide bonds. The number of rotatable bonds is 3. The second kappa shape index (κ2) is 4.92. The summed E-state index contributed by atoms with van der Waals surface area (Å²) < 4.78 is 27.3. The SMILES string of the molecule is CNc1ncnc(-c2c(F)cccc2F)c1[N+](=O)[O-]. The van der Waals surface area contributed by atoms with Gasteiger partial charge in [0.15, 0.2) is 5.69 Å². The number of benzene rings is 1. The van der Waals surface area contributed by atoms with Crippen molar-refractivity contribution in [1.29, 1.82) is 0 Å². The molecular weight excluding hydrogens is 258 g/mol. The van der Waals surface area contributed by atoms with Gasteiger partial charge in [0.25, 0.3) is 0 Å². The molecule has 0 saturated heterocycles. The van der Waals surface area contributed by atoms with Crippen molar-refractivity contribution in [3.8, 4) is 11.3 Å². The first-order valence-electron chi connectivity index (χ1n) is 5.17. The maximum Gasteiger partial charge on any atom is 0.337 e. The first-order chi connectivity index (χ1) is 9.06. The third kappa shape index (κ3) is 2.19. The first kappa shape index (κ1) is 12.8. The van der Waals surface area contributed by atoms with Crippen molar-refractivity contribution in [1.82, 2.24) is 9.97 Å². The van der Waals surface area contributed by atoms with Gasteiger partial charge in [-0.15, -0.1) is 0 Å². The predicted molar refractivity (Wildman–Crippen MR) is 63.6 cm³/mol. The van der Waals surface area contributed by atoms with Crippen LogP contribution in [0.15, 0.2) is 24.5 Å². The van der Waals surface area contributed by atoms with Crippen LogP contribution in [0.5, 0.6) is 0 Å². The number of anilines is 1. The Morgan fingerprint density at radius 1 is 1.26 bits per heavy atom. The second-order valence-electron chi connectivity index (χ2n) is 3.52. The molecular formula is C11H8F2N4O2. The van der Waals surface area contributed by atoms with Crippen molar-refractivity contribution in [3.05, 3.63) is 46.3 Å². The molecule has 1 N–H and O–H groups in total. The topological polar surface area (TPSA) is 81.0 Å². The molecule has 0 fully saturated rings. The van der Waals surface area contributed by atoms with Gasteiger partial charge in [0.05, 0.1) is 10.5 Å². The minimum atomic E-state index is -0.927. The van der Waals surface area contributed by atoms with Gasteiger partial charge in [0, 0.05) is 7.05 Å². The summed E-state index contributed by atoms with van der Waals surface area (Å²) in [6.45, 7) is 0. The van der Waals surface area contributed by atoms with Crippen LogP contribution in [0.1, 0.15) is 0 Å². The van der Waals surface area contributed by atoms with Crippen LogP contribution >= 0.6 is 0 Å². The van der Waals surface area contributed by atoms with Gasteiger partial charge in [-0.2, -0.15) is 0 Å². The fourth-order valence-corrected chi connectivity index (χ4v) is 1.64. The molecule has 6 nitrogen and oxygen atoms in total. The molecule has 0 saturated carbocycles. The van der Waals surface area contributed by atoms with E-state index in [1.54, 1.807) is 0 Å². The van der Waals surface area contributed by atoms with E-state index in [9.17, 15) is 18.9 Å². The molecule has 8 heteroatoms. The standard InChI is InChI=1S/C11H8F2N4O2/c1-14-11-10(17(18)19)9(15-5-16-11)8-6(12)3-2-4-7(8)13/h2-5H,1H3,(H,14,15,16). The highest BCUT2D eigenvalue weighted by Crippen LogP contribution is 2.35. The van der Waals surface area contributed by atoms with E-state index >= 15 is 0 Å². The molecule has 0 atom stereocenters. The molecule has 0 aliphatic rings. The van der Waals surface area contributed by atoms with Gasteiger partial charge in [-0.1, -0.05) is 6.07 Å². The van der Waals surface area contributed by atoms with E-state index in [0.717, 1.165) is 18.5 Å². The summed E-state index contributed by atoms with van der Waals surface area (Å²) in [7, 11) is 1.41. The summed E-state index contributed by atoms with van der Waals surface area (Å²) in [5.41, 5.74) is -1.53. The van der Waals surface area contributed by atoms with Gasteiger partial charge < -0.3 is 5.32 Å². The summed E-state index contributed by atoms with van der Waals surface area (Å²) >= 11 is 0. The molecule has 0 spiro atoms. The largest absolute Gasteiger partial charge is 0.367 e. The predicted octanol–water partition coefficient (Wildman–Crippen LogP) is 2.37. The van der Waals surface area contributed by atoms with E-state index in [1.165, 1.54) is 13.1 Å². The van der Waals surface area contributed by atoms with Crippen LogP contribution in [0.4, 0.5) is 20.3 Å². The minimum absolute atomic E-state index is 0.113. The lowest BCUT2D eigenvalue weighted by atomic mass is 10.1. The Bertz CT molecular complexity index is 628. The van der Waals surface area contributed by atoms with Crippen molar-refractivity contribution in [2.24, 2.45) is 0 Å². The number of aromatic nitrogens is 2. The van der Waals surface area contributed by atoms with E-state index in [1.807, 2.05) is 0 Å². The van der Waals surface area contributed by atoms with Crippen LogP contribution in [-0.2, 0) is 0 Å². The molecule has 98 valence electrons. The van der Waals surface area contributed by atoms with Gasteiger partial charge in [-0.25, -0.2) is 18.7 Å². The van der Waals surface area contributed by atoms with E-state index < -0.39 is 33.5 Å². The Morgan fingerprint density at radius 2 is 1.89 bits per heavy atom. The normalized spacial score (nSPS) is 10.3. The van der Waals surface area contributed by atoms with Crippen LogP contribution in [0.25, 0.3) is 11.3 Å². The second-order valence-corrected chi connectivity index (χ2v) is 3.52. The summed E-state index contributed by atoms with van der Waals surface area (Å²) in [6, 6.07) is 3.17. The maximum absolute atomic E-state index is 13.7. The lowest BCUT2D eigenvalue weighted by Crippen LogP contribution is -2.04. The summed E-state index contributed by atoms with van der Waals surface area (Å²) in [5, 5.41) is 13.5. The zero-order chi connectivity index (χ0) is 14.0. The van der Waals surface area contributed by atoms with Crippen LogP contribution in [0.3, 0.4) is 0 Å². The Morgan fingerprint density at radius 3 is 2.42 bits per heavy atom. The molecule has 0 bridgehead atoms. The third-order valence-electron chi connectivity index (χ3n) is 2.44. The average molecular weight is 266 g/mol. The Labute approximate surface area is 106 Å². The minimum Gasteiger partial charge on any atom is -0.367 e. The summed E-state index contributed by atoms with van der Waals surface area (Å²) in [4.78, 5) is 17.5. The molecule has 2 aromatic rings. The molecule has 0 radical (unpaired) electrons. The summed E-state index contributed by atoms with van der Waals surface area (Å²) in [6.07, 6.45) is 1.00. The Hall–Kier alpha value is -2.64. The number of hydrogen-bond donors (Lipinski definition) is 1. The Balaban J connectivity index is 2.79. The van der Waals surface area contributed by atoms with Crippen LogP contribution in [-0.4, -0.2) is 21.9 Å². The third-order valence-corrected chi connectivity index (χ3v) is 2.44. The van der Waals surface area contributed by atoms with Crippen LogP contribution < -0.4 is 5.32 Å². The van der Waals surface area contributed by atoms with E-state index in [4.69, 9.17) is 0 Å². The average Bonchev–Trinajstić information content (AvgIpc) is 2.37. The van der Waals surface area contributed by atoms with Gasteiger partial charge in [0.2, 0.25) is 5.82 Å². The van der Waals surface area contributed by atoms with Crippen LogP contribution in [0, 0.1) is 21.7 Å². The summed E-state index contributed by atoms with van der Waals surface area (Å²) in [5.74, 6) is -1.97. The number of halogens is 2. The smallest absolute Gasteiger partial charge is 0.337 e. The molecule has 1 heterocycles. The molecule has 2 rings (SSSR count).